The summed E-state index contributed by atoms with van der Waals surface area (Å²) in [4.78, 5) is 12.0. The molecule has 0 saturated carbocycles. The highest BCUT2D eigenvalue weighted by molar-refractivity contribution is 7.99. The Morgan fingerprint density at radius 1 is 1.50 bits per heavy atom. The van der Waals surface area contributed by atoms with E-state index in [4.69, 9.17) is 0 Å². The van der Waals surface area contributed by atoms with E-state index in [0.29, 0.717) is 12.2 Å². The summed E-state index contributed by atoms with van der Waals surface area (Å²) < 4.78 is 27.2. The van der Waals surface area contributed by atoms with Gasteiger partial charge in [-0.1, -0.05) is 6.07 Å². The fourth-order valence-electron chi connectivity index (χ4n) is 2.20. The molecule has 1 aromatic rings. The summed E-state index contributed by atoms with van der Waals surface area (Å²) in [5, 5.41) is 12.7. The van der Waals surface area contributed by atoms with Gasteiger partial charge in [0, 0.05) is 17.9 Å². The normalized spacial score (nSPS) is 23.6. The lowest BCUT2D eigenvalue weighted by molar-refractivity contribution is -0.123. The van der Waals surface area contributed by atoms with Gasteiger partial charge in [-0.3, -0.25) is 4.79 Å². The maximum atomic E-state index is 13.6. The van der Waals surface area contributed by atoms with E-state index in [1.165, 1.54) is 13.0 Å². The number of aliphatic hydroxyl groups is 1. The third kappa shape index (κ3) is 3.30. The predicted octanol–water partition coefficient (Wildman–Crippen LogP) is 2.05. The van der Waals surface area contributed by atoms with Gasteiger partial charge in [0.25, 0.3) is 0 Å². The van der Waals surface area contributed by atoms with Gasteiger partial charge in [0.15, 0.2) is 0 Å². The summed E-state index contributed by atoms with van der Waals surface area (Å²) >= 11 is 1.62. The van der Waals surface area contributed by atoms with Crippen LogP contribution in [0.4, 0.5) is 8.78 Å². The zero-order chi connectivity index (χ0) is 14.8. The van der Waals surface area contributed by atoms with Gasteiger partial charge in [-0.25, -0.2) is 8.78 Å². The lowest BCUT2D eigenvalue weighted by Crippen LogP contribution is -2.44. The first-order valence-corrected chi connectivity index (χ1v) is 7.60. The van der Waals surface area contributed by atoms with Crippen LogP contribution in [-0.4, -0.2) is 34.7 Å². The molecule has 110 valence electrons. The number of benzene rings is 1. The Bertz CT molecular complexity index is 484. The van der Waals surface area contributed by atoms with Crippen molar-refractivity contribution in [3.63, 3.8) is 0 Å². The molecule has 1 aromatic carbocycles. The Labute approximate surface area is 120 Å². The maximum absolute atomic E-state index is 13.6. The molecule has 1 heterocycles. The summed E-state index contributed by atoms with van der Waals surface area (Å²) in [6.07, 6.45) is 0.611. The summed E-state index contributed by atoms with van der Waals surface area (Å²) in [5.41, 5.74) is -1.15. The molecule has 0 spiro atoms. The lowest BCUT2D eigenvalue weighted by Gasteiger charge is -2.23. The first-order valence-electron chi connectivity index (χ1n) is 6.45. The third-order valence-electron chi connectivity index (χ3n) is 3.50. The van der Waals surface area contributed by atoms with Crippen molar-refractivity contribution in [3.8, 4) is 0 Å². The number of rotatable bonds is 4. The van der Waals surface area contributed by atoms with Gasteiger partial charge in [-0.05, 0) is 31.2 Å². The maximum Gasteiger partial charge on any atom is 0.227 e. The van der Waals surface area contributed by atoms with Crippen LogP contribution in [0.3, 0.4) is 0 Å². The fraction of sp³-hybridized carbons (Fsp3) is 0.500. The Balaban J connectivity index is 2.02. The number of hydrogen-bond acceptors (Lipinski definition) is 3. The van der Waals surface area contributed by atoms with Gasteiger partial charge in [-0.15, -0.1) is 0 Å². The van der Waals surface area contributed by atoms with Crippen LogP contribution in [0.5, 0.6) is 0 Å². The SMILES string of the molecule is CC(C(=O)NCC1(O)CCSC1)c1c(F)cccc1F. The molecule has 6 heteroatoms. The van der Waals surface area contributed by atoms with Gasteiger partial charge in [0.2, 0.25) is 5.91 Å². The Morgan fingerprint density at radius 3 is 2.70 bits per heavy atom. The van der Waals surface area contributed by atoms with Crippen LogP contribution >= 0.6 is 11.8 Å². The molecule has 3 nitrogen and oxygen atoms in total. The number of carbonyl (C=O) groups is 1. The van der Waals surface area contributed by atoms with Crippen LogP contribution in [-0.2, 0) is 4.79 Å². The average molecular weight is 301 g/mol. The van der Waals surface area contributed by atoms with Crippen LogP contribution in [0.2, 0.25) is 0 Å². The second-order valence-corrected chi connectivity index (χ2v) is 6.21. The lowest BCUT2D eigenvalue weighted by atomic mass is 9.98. The zero-order valence-electron chi connectivity index (χ0n) is 11.2. The van der Waals surface area contributed by atoms with Gasteiger partial charge in [0.1, 0.15) is 11.6 Å². The highest BCUT2D eigenvalue weighted by Gasteiger charge is 2.33. The molecule has 0 aliphatic carbocycles. The molecule has 1 fully saturated rings. The van der Waals surface area contributed by atoms with E-state index in [1.54, 1.807) is 11.8 Å². The summed E-state index contributed by atoms with van der Waals surface area (Å²) in [7, 11) is 0. The Kier molecular flexibility index (Phi) is 4.65. The van der Waals surface area contributed by atoms with Crippen molar-refractivity contribution in [1.82, 2.24) is 5.32 Å². The van der Waals surface area contributed by atoms with Gasteiger partial charge < -0.3 is 10.4 Å². The molecule has 1 saturated heterocycles. The van der Waals surface area contributed by atoms with Gasteiger partial charge >= 0.3 is 0 Å². The van der Waals surface area contributed by atoms with Crippen molar-refractivity contribution in [2.75, 3.05) is 18.1 Å². The van der Waals surface area contributed by atoms with Crippen LogP contribution < -0.4 is 5.32 Å². The van der Waals surface area contributed by atoms with E-state index < -0.39 is 29.1 Å². The molecule has 2 N–H and O–H groups in total. The molecule has 1 aliphatic rings. The minimum absolute atomic E-state index is 0.110. The van der Waals surface area contributed by atoms with Crippen LogP contribution in [0.25, 0.3) is 0 Å². The van der Waals surface area contributed by atoms with Crippen molar-refractivity contribution in [2.24, 2.45) is 0 Å². The monoisotopic (exact) mass is 301 g/mol. The quantitative estimate of drug-likeness (QED) is 0.895. The average Bonchev–Trinajstić information content (AvgIpc) is 2.83. The predicted molar refractivity (Wildman–Crippen MR) is 74.7 cm³/mol. The van der Waals surface area contributed by atoms with E-state index in [9.17, 15) is 18.7 Å². The van der Waals surface area contributed by atoms with Gasteiger partial charge in [0.05, 0.1) is 11.5 Å². The number of nitrogens with one attached hydrogen (secondary N) is 1. The van der Waals surface area contributed by atoms with E-state index >= 15 is 0 Å². The zero-order valence-corrected chi connectivity index (χ0v) is 12.0. The van der Waals surface area contributed by atoms with Gasteiger partial charge in [-0.2, -0.15) is 11.8 Å². The molecular weight excluding hydrogens is 284 g/mol. The van der Waals surface area contributed by atoms with Crippen molar-refractivity contribution in [3.05, 3.63) is 35.4 Å². The first-order chi connectivity index (χ1) is 9.43. The Hall–Kier alpha value is -1.14. The number of hydrogen-bond donors (Lipinski definition) is 2. The second-order valence-electron chi connectivity index (χ2n) is 5.10. The molecule has 2 rings (SSSR count). The number of thioether (sulfide) groups is 1. The van der Waals surface area contributed by atoms with E-state index in [0.717, 1.165) is 17.9 Å². The topological polar surface area (TPSA) is 49.3 Å². The summed E-state index contributed by atoms with van der Waals surface area (Å²) in [6, 6.07) is 3.52. The molecule has 0 bridgehead atoms. The molecule has 1 aliphatic heterocycles. The first kappa shape index (κ1) is 15.3. The number of carbonyl (C=O) groups excluding carboxylic acids is 1. The number of halogens is 2. The Morgan fingerprint density at radius 2 is 2.15 bits per heavy atom. The van der Waals surface area contributed by atoms with Crippen LogP contribution in [0, 0.1) is 11.6 Å². The molecule has 2 unspecified atom stereocenters. The van der Waals surface area contributed by atoms with Crippen molar-refractivity contribution >= 4 is 17.7 Å². The second kappa shape index (κ2) is 6.10. The summed E-state index contributed by atoms with van der Waals surface area (Å²) in [5.74, 6) is -1.47. The fourth-order valence-corrected chi connectivity index (χ4v) is 3.49. The van der Waals surface area contributed by atoms with Crippen LogP contribution in [0.15, 0.2) is 18.2 Å². The largest absolute Gasteiger partial charge is 0.387 e. The molecule has 0 radical (unpaired) electrons. The minimum Gasteiger partial charge on any atom is -0.387 e. The van der Waals surface area contributed by atoms with Crippen molar-refractivity contribution in [1.29, 1.82) is 0 Å². The summed E-state index contributed by atoms with van der Waals surface area (Å²) in [6.45, 7) is 1.56. The standard InChI is InChI=1S/C14H17F2NO2S/c1-9(12-10(15)3-2-4-11(12)16)13(18)17-7-14(19)5-6-20-8-14/h2-4,9,19H,5-8H2,1H3,(H,17,18). The smallest absolute Gasteiger partial charge is 0.227 e. The van der Waals surface area contributed by atoms with Crippen molar-refractivity contribution < 1.29 is 18.7 Å². The third-order valence-corrected chi connectivity index (χ3v) is 4.73. The molecule has 1 amide bonds. The van der Waals surface area contributed by atoms with E-state index in [1.807, 2.05) is 0 Å². The van der Waals surface area contributed by atoms with Crippen LogP contribution in [0.1, 0.15) is 24.8 Å². The number of amides is 1. The molecular formula is C14H17F2NO2S. The van der Waals surface area contributed by atoms with Crippen molar-refractivity contribution in [2.45, 2.75) is 24.9 Å². The minimum atomic E-state index is -0.936. The molecule has 20 heavy (non-hydrogen) atoms. The molecule has 2 atom stereocenters. The van der Waals surface area contributed by atoms with E-state index in [-0.39, 0.29) is 12.1 Å². The van der Waals surface area contributed by atoms with E-state index in [2.05, 4.69) is 5.32 Å². The molecule has 0 aromatic heterocycles. The highest BCUT2D eigenvalue weighted by atomic mass is 32.2. The highest BCUT2D eigenvalue weighted by Crippen LogP contribution is 2.27.